The van der Waals surface area contributed by atoms with Crippen LogP contribution in [0, 0.1) is 0 Å². The summed E-state index contributed by atoms with van der Waals surface area (Å²) in [6.45, 7) is 2.89. The van der Waals surface area contributed by atoms with Crippen LogP contribution in [0.4, 0.5) is 5.69 Å². The van der Waals surface area contributed by atoms with Gasteiger partial charge in [-0.1, -0.05) is 94.5 Å². The number of phenolic OH excluding ortho intramolecular Hbond substituents is 1. The van der Waals surface area contributed by atoms with Crippen LogP contribution in [0.5, 0.6) is 5.75 Å². The highest BCUT2D eigenvalue weighted by Gasteiger charge is 2.15. The molecule has 5 nitrogen and oxygen atoms in total. The molecule has 0 spiro atoms. The van der Waals surface area contributed by atoms with Gasteiger partial charge in [-0.2, -0.15) is 0 Å². The van der Waals surface area contributed by atoms with Crippen LogP contribution < -0.4 is 10.6 Å². The van der Waals surface area contributed by atoms with Crippen molar-refractivity contribution in [3.63, 3.8) is 0 Å². The molecule has 0 aliphatic rings. The second kappa shape index (κ2) is 14.5. The molecule has 192 valence electrons. The molecular formula is C30H37ClN2O3. The van der Waals surface area contributed by atoms with Crippen molar-refractivity contribution in [2.75, 3.05) is 11.9 Å². The van der Waals surface area contributed by atoms with Crippen LogP contribution in [-0.2, 0) is 0 Å². The van der Waals surface area contributed by atoms with Gasteiger partial charge in [0.2, 0.25) is 0 Å². The van der Waals surface area contributed by atoms with Crippen LogP contribution in [0.15, 0.2) is 54.6 Å². The molecule has 36 heavy (non-hydrogen) atoms. The van der Waals surface area contributed by atoms with Gasteiger partial charge in [0.05, 0.1) is 16.3 Å². The van der Waals surface area contributed by atoms with Crippen LogP contribution in [0.1, 0.15) is 91.8 Å². The zero-order valence-corrected chi connectivity index (χ0v) is 21.9. The first-order valence-corrected chi connectivity index (χ1v) is 13.5. The zero-order chi connectivity index (χ0) is 25.8. The van der Waals surface area contributed by atoms with E-state index in [2.05, 4.69) is 17.6 Å². The summed E-state index contributed by atoms with van der Waals surface area (Å²) in [4.78, 5) is 25.4. The molecule has 0 bridgehead atoms. The lowest BCUT2D eigenvalue weighted by Crippen LogP contribution is -2.24. The first-order chi connectivity index (χ1) is 17.5. The number of phenols is 1. The Morgan fingerprint density at radius 3 is 2.14 bits per heavy atom. The van der Waals surface area contributed by atoms with Gasteiger partial charge in [-0.25, -0.2) is 0 Å². The number of carbonyl (C=O) groups is 2. The van der Waals surface area contributed by atoms with E-state index >= 15 is 0 Å². The van der Waals surface area contributed by atoms with Gasteiger partial charge in [0.25, 0.3) is 11.8 Å². The molecule has 3 rings (SSSR count). The maximum atomic E-state index is 12.8. The number of fused-ring (bicyclic) bond motifs is 1. The molecule has 0 atom stereocenters. The summed E-state index contributed by atoms with van der Waals surface area (Å²) >= 11 is 6.13. The zero-order valence-electron chi connectivity index (χ0n) is 21.1. The van der Waals surface area contributed by atoms with E-state index in [0.717, 1.165) is 18.2 Å². The third kappa shape index (κ3) is 8.27. The largest absolute Gasteiger partial charge is 0.507 e. The second-order valence-electron chi connectivity index (χ2n) is 9.30. The number of anilines is 1. The summed E-state index contributed by atoms with van der Waals surface area (Å²) in [6, 6.07) is 15.3. The van der Waals surface area contributed by atoms with E-state index in [9.17, 15) is 14.7 Å². The second-order valence-corrected chi connectivity index (χ2v) is 9.71. The van der Waals surface area contributed by atoms with Gasteiger partial charge in [-0.15, -0.1) is 0 Å². The van der Waals surface area contributed by atoms with Crippen molar-refractivity contribution in [1.29, 1.82) is 0 Å². The van der Waals surface area contributed by atoms with E-state index in [1.165, 1.54) is 57.4 Å². The number of benzene rings is 3. The Kier molecular flexibility index (Phi) is 11.1. The summed E-state index contributed by atoms with van der Waals surface area (Å²) in [5.41, 5.74) is 1.10. The van der Waals surface area contributed by atoms with Crippen molar-refractivity contribution in [3.05, 3.63) is 70.7 Å². The minimum atomic E-state index is -0.474. The van der Waals surface area contributed by atoms with Crippen LogP contribution in [0.3, 0.4) is 0 Å². The number of para-hydroxylation sites is 1. The minimum Gasteiger partial charge on any atom is -0.507 e. The average molecular weight is 509 g/mol. The Hall–Kier alpha value is -3.05. The molecule has 3 aromatic rings. The van der Waals surface area contributed by atoms with Crippen LogP contribution in [-0.4, -0.2) is 23.5 Å². The molecule has 0 heterocycles. The number of carbonyl (C=O) groups excluding carboxylic acids is 2. The van der Waals surface area contributed by atoms with Crippen molar-refractivity contribution in [2.45, 2.75) is 71.1 Å². The Morgan fingerprint density at radius 2 is 1.44 bits per heavy atom. The van der Waals surface area contributed by atoms with Crippen LogP contribution >= 0.6 is 11.6 Å². The molecule has 0 radical (unpaired) electrons. The highest BCUT2D eigenvalue weighted by atomic mass is 35.5. The molecule has 0 fully saturated rings. The molecule has 0 saturated carbocycles. The lowest BCUT2D eigenvalue weighted by atomic mass is 10.0. The van der Waals surface area contributed by atoms with Crippen molar-refractivity contribution in [3.8, 4) is 5.75 Å². The van der Waals surface area contributed by atoms with Gasteiger partial charge in [0, 0.05) is 12.1 Å². The van der Waals surface area contributed by atoms with Gasteiger partial charge in [-0.05, 0) is 53.6 Å². The summed E-state index contributed by atoms with van der Waals surface area (Å²) in [6.07, 6.45) is 12.5. The van der Waals surface area contributed by atoms with Gasteiger partial charge >= 0.3 is 0 Å². The summed E-state index contributed by atoms with van der Waals surface area (Å²) in [5.74, 6) is -0.744. The van der Waals surface area contributed by atoms with Crippen LogP contribution in [0.2, 0.25) is 5.02 Å². The topological polar surface area (TPSA) is 78.4 Å². The number of aromatic hydroxyl groups is 1. The first kappa shape index (κ1) is 27.5. The summed E-state index contributed by atoms with van der Waals surface area (Å²) in [7, 11) is 0. The Balaban J connectivity index is 1.50. The quantitative estimate of drug-likeness (QED) is 0.192. The normalized spacial score (nSPS) is 10.9. The lowest BCUT2D eigenvalue weighted by Gasteiger charge is -2.11. The lowest BCUT2D eigenvalue weighted by molar-refractivity contribution is 0.0952. The van der Waals surface area contributed by atoms with Crippen molar-refractivity contribution >= 4 is 39.9 Å². The summed E-state index contributed by atoms with van der Waals surface area (Å²) < 4.78 is 0. The van der Waals surface area contributed by atoms with Crippen LogP contribution in [0.25, 0.3) is 10.8 Å². The summed E-state index contributed by atoms with van der Waals surface area (Å²) in [5, 5.41) is 18.0. The number of unbranched alkanes of at least 4 members (excludes halogenated alkanes) is 9. The van der Waals surface area contributed by atoms with Gasteiger partial charge < -0.3 is 15.7 Å². The average Bonchev–Trinajstić information content (AvgIpc) is 2.87. The fourth-order valence-corrected chi connectivity index (χ4v) is 4.46. The fourth-order valence-electron chi connectivity index (χ4n) is 4.28. The molecule has 2 amide bonds. The molecule has 0 saturated heterocycles. The maximum absolute atomic E-state index is 12.8. The van der Waals surface area contributed by atoms with Gasteiger partial charge in [-0.3, -0.25) is 9.59 Å². The standard InChI is InChI=1S/C30H37ClN2O3/c1-2-3-4-5-6-7-8-9-10-13-18-32-29(35)23-17-16-22-21-28(34)25(20-24(22)19-23)30(36)33-27-15-12-11-14-26(27)31/h11-12,14-17,19-21,34H,2-10,13,18H2,1H3,(H,32,35)(H,33,36). The van der Waals surface area contributed by atoms with E-state index in [1.807, 2.05) is 0 Å². The third-order valence-corrected chi connectivity index (χ3v) is 6.73. The predicted octanol–water partition coefficient (Wildman–Crippen LogP) is 8.10. The maximum Gasteiger partial charge on any atom is 0.259 e. The van der Waals surface area contributed by atoms with E-state index < -0.39 is 5.91 Å². The molecule has 3 N–H and O–H groups in total. The molecule has 0 unspecified atom stereocenters. The van der Waals surface area contributed by atoms with E-state index in [4.69, 9.17) is 11.6 Å². The van der Waals surface area contributed by atoms with Crippen molar-refractivity contribution in [2.24, 2.45) is 0 Å². The molecule has 0 aliphatic carbocycles. The molecular weight excluding hydrogens is 472 g/mol. The van der Waals surface area contributed by atoms with Gasteiger partial charge in [0.15, 0.2) is 0 Å². The van der Waals surface area contributed by atoms with E-state index in [0.29, 0.717) is 28.2 Å². The molecule has 0 aromatic heterocycles. The fraction of sp³-hybridized carbons (Fsp3) is 0.400. The highest BCUT2D eigenvalue weighted by molar-refractivity contribution is 6.34. The number of nitrogens with one attached hydrogen (secondary N) is 2. The SMILES string of the molecule is CCCCCCCCCCCCNC(=O)c1ccc2cc(O)c(C(=O)Nc3ccccc3Cl)cc2c1. The number of halogens is 1. The Morgan fingerprint density at radius 1 is 0.778 bits per heavy atom. The number of amides is 2. The predicted molar refractivity (Wildman–Crippen MR) is 149 cm³/mol. The third-order valence-electron chi connectivity index (χ3n) is 6.40. The Labute approximate surface area is 219 Å². The molecule has 0 aliphatic heterocycles. The molecule has 3 aromatic carbocycles. The first-order valence-electron chi connectivity index (χ1n) is 13.1. The van der Waals surface area contributed by atoms with E-state index in [-0.39, 0.29) is 17.2 Å². The number of hydrogen-bond donors (Lipinski definition) is 3. The van der Waals surface area contributed by atoms with Crippen molar-refractivity contribution in [1.82, 2.24) is 5.32 Å². The highest BCUT2D eigenvalue weighted by Crippen LogP contribution is 2.28. The molecule has 6 heteroatoms. The number of rotatable bonds is 14. The van der Waals surface area contributed by atoms with Gasteiger partial charge in [0.1, 0.15) is 5.75 Å². The number of hydrogen-bond acceptors (Lipinski definition) is 3. The Bertz CT molecular complexity index is 1160. The van der Waals surface area contributed by atoms with E-state index in [1.54, 1.807) is 48.5 Å². The minimum absolute atomic E-state index is 0.116. The monoisotopic (exact) mass is 508 g/mol. The smallest absolute Gasteiger partial charge is 0.259 e. The van der Waals surface area contributed by atoms with Crippen molar-refractivity contribution < 1.29 is 14.7 Å².